The highest BCUT2D eigenvalue weighted by Crippen LogP contribution is 2.32. The van der Waals surface area contributed by atoms with Gasteiger partial charge in [-0.2, -0.15) is 0 Å². The summed E-state index contributed by atoms with van der Waals surface area (Å²) in [6.45, 7) is 4.56. The van der Waals surface area contributed by atoms with E-state index in [0.29, 0.717) is 18.9 Å². The van der Waals surface area contributed by atoms with Crippen molar-refractivity contribution in [2.75, 3.05) is 7.11 Å². The maximum absolute atomic E-state index is 12.0. The van der Waals surface area contributed by atoms with Gasteiger partial charge >= 0.3 is 0 Å². The summed E-state index contributed by atoms with van der Waals surface area (Å²) >= 11 is 0. The van der Waals surface area contributed by atoms with Crippen LogP contribution in [0.1, 0.15) is 51.5 Å². The molecule has 5 nitrogen and oxygen atoms in total. The number of benzene rings is 1. The van der Waals surface area contributed by atoms with Gasteiger partial charge in [0.05, 0.1) is 19.3 Å². The molecule has 3 N–H and O–H groups in total. The molecule has 1 atom stereocenters. The van der Waals surface area contributed by atoms with Crippen molar-refractivity contribution in [2.24, 2.45) is 11.7 Å². The predicted molar refractivity (Wildman–Crippen MR) is 102 cm³/mol. The van der Waals surface area contributed by atoms with Gasteiger partial charge in [0.25, 0.3) is 0 Å². The number of carbonyl (C=O) groups is 1. The molecule has 0 bridgehead atoms. The van der Waals surface area contributed by atoms with E-state index in [1.807, 2.05) is 18.2 Å². The highest BCUT2D eigenvalue weighted by molar-refractivity contribution is 5.85. The zero-order valence-corrected chi connectivity index (χ0v) is 16.2. The largest absolute Gasteiger partial charge is 0.493 e. The molecule has 25 heavy (non-hydrogen) atoms. The Balaban J connectivity index is 0.00000312. The number of carbonyl (C=O) groups excluding carboxylic acids is 1. The highest BCUT2D eigenvalue weighted by atomic mass is 35.5. The molecule has 0 radical (unpaired) electrons. The van der Waals surface area contributed by atoms with Crippen molar-refractivity contribution in [3.8, 4) is 11.5 Å². The number of nitrogens with two attached hydrogens (primary N) is 1. The normalized spacial score (nSPS) is 15.6. The Morgan fingerprint density at radius 3 is 2.56 bits per heavy atom. The average molecular weight is 371 g/mol. The van der Waals surface area contributed by atoms with Gasteiger partial charge in [0, 0.05) is 6.54 Å². The third-order valence-electron chi connectivity index (χ3n) is 4.35. The van der Waals surface area contributed by atoms with Crippen LogP contribution in [-0.4, -0.2) is 25.2 Å². The second-order valence-electron chi connectivity index (χ2n) is 6.96. The molecule has 2 rings (SSSR count). The monoisotopic (exact) mass is 370 g/mol. The molecular weight excluding hydrogens is 340 g/mol. The van der Waals surface area contributed by atoms with E-state index in [1.165, 1.54) is 12.8 Å². The lowest BCUT2D eigenvalue weighted by Gasteiger charge is -2.18. The number of methoxy groups -OCH3 is 1. The zero-order valence-electron chi connectivity index (χ0n) is 15.4. The lowest BCUT2D eigenvalue weighted by Crippen LogP contribution is -2.41. The molecule has 0 heterocycles. The summed E-state index contributed by atoms with van der Waals surface area (Å²) in [5, 5.41) is 2.90. The molecule has 0 spiro atoms. The summed E-state index contributed by atoms with van der Waals surface area (Å²) in [6.07, 6.45) is 5.57. The summed E-state index contributed by atoms with van der Waals surface area (Å²) in [5.74, 6) is 1.77. The summed E-state index contributed by atoms with van der Waals surface area (Å²) < 4.78 is 11.5. The fourth-order valence-corrected chi connectivity index (χ4v) is 3.04. The molecule has 1 aromatic carbocycles. The highest BCUT2D eigenvalue weighted by Gasteiger charge is 2.19. The SMILES string of the molecule is COc1ccc(CNC(=O)[C@@H](N)CC(C)C)cc1OC1CCCC1.Cl. The summed E-state index contributed by atoms with van der Waals surface area (Å²) in [7, 11) is 1.64. The average Bonchev–Trinajstić information content (AvgIpc) is 3.05. The van der Waals surface area contributed by atoms with Gasteiger partial charge in [0.1, 0.15) is 0 Å². The Labute approximate surface area is 157 Å². The van der Waals surface area contributed by atoms with Crippen molar-refractivity contribution in [3.05, 3.63) is 23.8 Å². The van der Waals surface area contributed by atoms with Gasteiger partial charge in [-0.05, 0) is 55.7 Å². The van der Waals surface area contributed by atoms with Crippen LogP contribution in [0.15, 0.2) is 18.2 Å². The lowest BCUT2D eigenvalue weighted by molar-refractivity contribution is -0.122. The van der Waals surface area contributed by atoms with E-state index < -0.39 is 6.04 Å². The molecule has 142 valence electrons. The van der Waals surface area contributed by atoms with Gasteiger partial charge in [-0.3, -0.25) is 4.79 Å². The van der Waals surface area contributed by atoms with Crippen molar-refractivity contribution in [1.82, 2.24) is 5.32 Å². The van der Waals surface area contributed by atoms with Crippen LogP contribution in [0, 0.1) is 5.92 Å². The van der Waals surface area contributed by atoms with Crippen LogP contribution in [0.3, 0.4) is 0 Å². The molecule has 1 fully saturated rings. The Morgan fingerprint density at radius 1 is 1.28 bits per heavy atom. The molecule has 6 heteroatoms. The number of amides is 1. The molecule has 0 aromatic heterocycles. The fraction of sp³-hybridized carbons (Fsp3) is 0.632. The minimum atomic E-state index is -0.461. The Kier molecular flexibility index (Phi) is 9.08. The maximum Gasteiger partial charge on any atom is 0.237 e. The topological polar surface area (TPSA) is 73.6 Å². The van der Waals surface area contributed by atoms with E-state index in [2.05, 4.69) is 19.2 Å². The summed E-state index contributed by atoms with van der Waals surface area (Å²) in [4.78, 5) is 12.0. The number of hydrogen-bond acceptors (Lipinski definition) is 4. The smallest absolute Gasteiger partial charge is 0.237 e. The first-order chi connectivity index (χ1) is 11.5. The Hall–Kier alpha value is -1.46. The first kappa shape index (κ1) is 21.6. The van der Waals surface area contributed by atoms with E-state index in [1.54, 1.807) is 7.11 Å². The molecule has 1 aromatic rings. The molecule has 0 saturated heterocycles. The van der Waals surface area contributed by atoms with Crippen molar-refractivity contribution < 1.29 is 14.3 Å². The van der Waals surface area contributed by atoms with Crippen LogP contribution >= 0.6 is 12.4 Å². The third-order valence-corrected chi connectivity index (χ3v) is 4.35. The van der Waals surface area contributed by atoms with E-state index in [0.717, 1.165) is 29.9 Å². The number of hydrogen-bond donors (Lipinski definition) is 2. The number of halogens is 1. The van der Waals surface area contributed by atoms with Crippen LogP contribution < -0.4 is 20.5 Å². The number of rotatable bonds is 8. The van der Waals surface area contributed by atoms with E-state index in [4.69, 9.17) is 15.2 Å². The first-order valence-corrected chi connectivity index (χ1v) is 8.86. The van der Waals surface area contributed by atoms with Crippen molar-refractivity contribution in [1.29, 1.82) is 0 Å². The number of nitrogens with one attached hydrogen (secondary N) is 1. The summed E-state index contributed by atoms with van der Waals surface area (Å²) in [6, 6.07) is 5.32. The van der Waals surface area contributed by atoms with Crippen LogP contribution in [0.5, 0.6) is 11.5 Å². The van der Waals surface area contributed by atoms with E-state index in [-0.39, 0.29) is 24.4 Å². The van der Waals surface area contributed by atoms with Gasteiger partial charge < -0.3 is 20.5 Å². The van der Waals surface area contributed by atoms with Crippen LogP contribution in [-0.2, 0) is 11.3 Å². The first-order valence-electron chi connectivity index (χ1n) is 8.86. The van der Waals surface area contributed by atoms with Crippen LogP contribution in [0.25, 0.3) is 0 Å². The van der Waals surface area contributed by atoms with Crippen molar-refractivity contribution in [2.45, 2.75) is 64.6 Å². The molecule has 0 aliphatic heterocycles. The minimum Gasteiger partial charge on any atom is -0.493 e. The minimum absolute atomic E-state index is 0. The molecule has 0 unspecified atom stereocenters. The molecule has 1 aliphatic rings. The lowest BCUT2D eigenvalue weighted by atomic mass is 10.0. The predicted octanol–water partition coefficient (Wildman–Crippen LogP) is 3.43. The van der Waals surface area contributed by atoms with Crippen LogP contribution in [0.2, 0.25) is 0 Å². The van der Waals surface area contributed by atoms with Crippen LogP contribution in [0.4, 0.5) is 0 Å². The Bertz CT molecular complexity index is 545. The maximum atomic E-state index is 12.0. The standard InChI is InChI=1S/C19H30N2O3.ClH/c1-13(2)10-16(20)19(22)21-12-14-8-9-17(23-3)18(11-14)24-15-6-4-5-7-15;/h8-9,11,13,15-16H,4-7,10,12,20H2,1-3H3,(H,21,22);1H/t16-;/m0./s1. The van der Waals surface area contributed by atoms with Gasteiger partial charge in [-0.1, -0.05) is 19.9 Å². The molecule has 1 saturated carbocycles. The second kappa shape index (κ2) is 10.5. The second-order valence-corrected chi connectivity index (χ2v) is 6.96. The van der Waals surface area contributed by atoms with E-state index >= 15 is 0 Å². The zero-order chi connectivity index (χ0) is 17.5. The third kappa shape index (κ3) is 6.75. The molecule has 1 amide bonds. The van der Waals surface area contributed by atoms with E-state index in [9.17, 15) is 4.79 Å². The Morgan fingerprint density at radius 2 is 1.96 bits per heavy atom. The van der Waals surface area contributed by atoms with Gasteiger partial charge in [-0.25, -0.2) is 0 Å². The fourth-order valence-electron chi connectivity index (χ4n) is 3.04. The summed E-state index contributed by atoms with van der Waals surface area (Å²) in [5.41, 5.74) is 6.89. The number of ether oxygens (including phenoxy) is 2. The van der Waals surface area contributed by atoms with Crippen molar-refractivity contribution >= 4 is 18.3 Å². The van der Waals surface area contributed by atoms with Crippen molar-refractivity contribution in [3.63, 3.8) is 0 Å². The molecular formula is C19H31ClN2O3. The quantitative estimate of drug-likeness (QED) is 0.735. The van der Waals surface area contributed by atoms with Gasteiger partial charge in [0.2, 0.25) is 5.91 Å². The van der Waals surface area contributed by atoms with Gasteiger partial charge in [-0.15, -0.1) is 12.4 Å². The molecule has 1 aliphatic carbocycles. The van der Waals surface area contributed by atoms with Gasteiger partial charge in [0.15, 0.2) is 11.5 Å².